The number of nitrogens with one attached hydrogen (secondary N) is 1. The van der Waals surface area contributed by atoms with Crippen LogP contribution in [0.2, 0.25) is 0 Å². The topological polar surface area (TPSA) is 92.7 Å². The highest BCUT2D eigenvalue weighted by Gasteiger charge is 2.29. The van der Waals surface area contributed by atoms with E-state index in [0.29, 0.717) is 0 Å². The Hall–Kier alpha value is -1.12. The Morgan fingerprint density at radius 1 is 1.53 bits per heavy atom. The molecule has 1 aromatic rings. The lowest BCUT2D eigenvalue weighted by Gasteiger charge is -2.16. The van der Waals surface area contributed by atoms with E-state index >= 15 is 0 Å². The SMILES string of the molecule is COc1ccsc1S(=O)(=O)N[C@H](CC(C)C)C(=O)O. The standard InChI is InChI=1S/C11H17NO5S2/c1-7(2)6-8(10(13)14)12-19(15,16)11-9(17-3)4-5-18-11/h4-5,7-8,12H,6H2,1-3H3,(H,13,14)/t8-/m1/s1. The first kappa shape index (κ1) is 15.9. The third kappa shape index (κ3) is 4.19. The Morgan fingerprint density at radius 2 is 2.16 bits per heavy atom. The minimum Gasteiger partial charge on any atom is -0.494 e. The van der Waals surface area contributed by atoms with Gasteiger partial charge in [-0.2, -0.15) is 4.72 Å². The van der Waals surface area contributed by atoms with Crippen LogP contribution in [0.5, 0.6) is 5.75 Å². The Morgan fingerprint density at radius 3 is 2.63 bits per heavy atom. The van der Waals surface area contributed by atoms with Crippen molar-refractivity contribution in [2.45, 2.75) is 30.5 Å². The van der Waals surface area contributed by atoms with E-state index in [4.69, 9.17) is 9.84 Å². The minimum absolute atomic E-state index is 0.00925. The van der Waals surface area contributed by atoms with Crippen molar-refractivity contribution in [3.8, 4) is 5.75 Å². The third-order valence-electron chi connectivity index (χ3n) is 2.36. The smallest absolute Gasteiger partial charge is 0.321 e. The molecule has 0 unspecified atom stereocenters. The van der Waals surface area contributed by atoms with Gasteiger partial charge >= 0.3 is 5.97 Å². The lowest BCUT2D eigenvalue weighted by molar-refractivity contribution is -0.139. The number of aliphatic carboxylic acids is 1. The van der Waals surface area contributed by atoms with E-state index in [9.17, 15) is 13.2 Å². The van der Waals surface area contributed by atoms with Crippen LogP contribution < -0.4 is 9.46 Å². The van der Waals surface area contributed by atoms with Gasteiger partial charge < -0.3 is 9.84 Å². The van der Waals surface area contributed by atoms with E-state index in [2.05, 4.69) is 4.72 Å². The van der Waals surface area contributed by atoms with Crippen molar-refractivity contribution in [3.05, 3.63) is 11.4 Å². The summed E-state index contributed by atoms with van der Waals surface area (Å²) < 4.78 is 31.4. The lowest BCUT2D eigenvalue weighted by Crippen LogP contribution is -2.41. The van der Waals surface area contributed by atoms with Crippen molar-refractivity contribution in [2.75, 3.05) is 7.11 Å². The molecule has 0 aliphatic heterocycles. The van der Waals surface area contributed by atoms with E-state index < -0.39 is 22.0 Å². The molecule has 8 heteroatoms. The van der Waals surface area contributed by atoms with E-state index in [1.807, 2.05) is 13.8 Å². The summed E-state index contributed by atoms with van der Waals surface area (Å²) >= 11 is 0.985. The van der Waals surface area contributed by atoms with Gasteiger partial charge in [0.05, 0.1) is 7.11 Å². The monoisotopic (exact) mass is 307 g/mol. The number of carboxylic acid groups (broad SMARTS) is 1. The highest BCUT2D eigenvalue weighted by atomic mass is 32.2. The molecule has 1 atom stereocenters. The molecule has 0 spiro atoms. The van der Waals surface area contributed by atoms with Crippen LogP contribution in [0.4, 0.5) is 0 Å². The van der Waals surface area contributed by atoms with Crippen molar-refractivity contribution in [1.82, 2.24) is 4.72 Å². The van der Waals surface area contributed by atoms with E-state index in [0.717, 1.165) is 11.3 Å². The molecule has 0 saturated heterocycles. The van der Waals surface area contributed by atoms with Crippen LogP contribution in [-0.4, -0.2) is 32.6 Å². The zero-order chi connectivity index (χ0) is 14.6. The van der Waals surface area contributed by atoms with Gasteiger partial charge in [-0.05, 0) is 23.8 Å². The molecular formula is C11H17NO5S2. The number of sulfonamides is 1. The zero-order valence-electron chi connectivity index (χ0n) is 10.9. The molecule has 0 aliphatic rings. The number of carboxylic acids is 1. The van der Waals surface area contributed by atoms with Crippen LogP contribution in [0.1, 0.15) is 20.3 Å². The molecule has 19 heavy (non-hydrogen) atoms. The Balaban J connectivity index is 2.97. The largest absolute Gasteiger partial charge is 0.494 e. The van der Waals surface area contributed by atoms with Crippen molar-refractivity contribution in [2.24, 2.45) is 5.92 Å². The van der Waals surface area contributed by atoms with Crippen molar-refractivity contribution >= 4 is 27.3 Å². The molecular weight excluding hydrogens is 290 g/mol. The molecule has 1 aromatic heterocycles. The summed E-state index contributed by atoms with van der Waals surface area (Å²) in [6.45, 7) is 3.66. The van der Waals surface area contributed by atoms with Crippen molar-refractivity contribution in [3.63, 3.8) is 0 Å². The fraction of sp³-hybridized carbons (Fsp3) is 0.545. The van der Waals surface area contributed by atoms with Gasteiger partial charge in [0.15, 0.2) is 4.21 Å². The predicted octanol–water partition coefficient (Wildman–Crippen LogP) is 1.53. The van der Waals surface area contributed by atoms with Gasteiger partial charge in [0.1, 0.15) is 11.8 Å². The highest BCUT2D eigenvalue weighted by Crippen LogP contribution is 2.29. The zero-order valence-corrected chi connectivity index (χ0v) is 12.5. The Labute approximate surface area is 116 Å². The molecule has 0 amide bonds. The quantitative estimate of drug-likeness (QED) is 0.797. The van der Waals surface area contributed by atoms with Crippen LogP contribution in [0.25, 0.3) is 0 Å². The van der Waals surface area contributed by atoms with Gasteiger partial charge in [-0.25, -0.2) is 8.42 Å². The van der Waals surface area contributed by atoms with Crippen LogP contribution in [0, 0.1) is 5.92 Å². The maximum atomic E-state index is 12.1. The van der Waals surface area contributed by atoms with Crippen molar-refractivity contribution < 1.29 is 23.1 Å². The molecule has 1 heterocycles. The molecule has 0 fully saturated rings. The second-order valence-electron chi connectivity index (χ2n) is 4.42. The van der Waals surface area contributed by atoms with Gasteiger partial charge in [0.25, 0.3) is 10.0 Å². The van der Waals surface area contributed by atoms with E-state index in [-0.39, 0.29) is 22.3 Å². The van der Waals surface area contributed by atoms with Crippen LogP contribution in [0.3, 0.4) is 0 Å². The average molecular weight is 307 g/mol. The fourth-order valence-electron chi connectivity index (χ4n) is 1.54. The second kappa shape index (κ2) is 6.36. The number of methoxy groups -OCH3 is 1. The summed E-state index contributed by atoms with van der Waals surface area (Å²) in [5.74, 6) is -0.909. The van der Waals surface area contributed by atoms with Crippen LogP contribution >= 0.6 is 11.3 Å². The molecule has 0 radical (unpaired) electrons. The van der Waals surface area contributed by atoms with Crippen molar-refractivity contribution in [1.29, 1.82) is 0 Å². The third-order valence-corrected chi connectivity index (χ3v) is 5.28. The first-order chi connectivity index (χ1) is 8.77. The molecule has 2 N–H and O–H groups in total. The number of rotatable bonds is 7. The van der Waals surface area contributed by atoms with Gasteiger partial charge in [-0.1, -0.05) is 13.8 Å². The Kier molecular flexibility index (Phi) is 5.33. The highest BCUT2D eigenvalue weighted by molar-refractivity contribution is 7.91. The van der Waals surface area contributed by atoms with Gasteiger partial charge in [-0.15, -0.1) is 11.3 Å². The first-order valence-corrected chi connectivity index (χ1v) is 8.00. The number of carbonyl (C=O) groups is 1. The summed E-state index contributed by atoms with van der Waals surface area (Å²) in [6.07, 6.45) is 0.224. The maximum absolute atomic E-state index is 12.1. The minimum atomic E-state index is -3.89. The number of hydrogen-bond acceptors (Lipinski definition) is 5. The van der Waals surface area contributed by atoms with Crippen LogP contribution in [-0.2, 0) is 14.8 Å². The number of hydrogen-bond donors (Lipinski definition) is 2. The van der Waals surface area contributed by atoms with Crippen LogP contribution in [0.15, 0.2) is 15.7 Å². The van der Waals surface area contributed by atoms with Gasteiger partial charge in [-0.3, -0.25) is 4.79 Å². The molecule has 0 aromatic carbocycles. The number of ether oxygens (including phenoxy) is 1. The molecule has 0 saturated carbocycles. The molecule has 0 bridgehead atoms. The lowest BCUT2D eigenvalue weighted by atomic mass is 10.1. The van der Waals surface area contributed by atoms with E-state index in [1.54, 1.807) is 5.38 Å². The molecule has 6 nitrogen and oxygen atoms in total. The summed E-state index contributed by atoms with van der Waals surface area (Å²) in [5.41, 5.74) is 0. The summed E-state index contributed by atoms with van der Waals surface area (Å²) in [6, 6.07) is 0.383. The maximum Gasteiger partial charge on any atom is 0.321 e. The normalized spacial score (nSPS) is 13.5. The summed E-state index contributed by atoms with van der Waals surface area (Å²) in [7, 11) is -2.52. The average Bonchev–Trinajstić information content (AvgIpc) is 2.75. The molecule has 0 aliphatic carbocycles. The molecule has 1 rings (SSSR count). The molecule has 108 valence electrons. The summed E-state index contributed by atoms with van der Waals surface area (Å²) in [5, 5.41) is 10.6. The fourth-order valence-corrected chi connectivity index (χ4v) is 4.04. The predicted molar refractivity (Wildman–Crippen MR) is 72.1 cm³/mol. The second-order valence-corrected chi connectivity index (χ2v) is 7.24. The number of thiophene rings is 1. The first-order valence-electron chi connectivity index (χ1n) is 5.64. The Bertz CT molecular complexity index is 535. The summed E-state index contributed by atoms with van der Waals surface area (Å²) in [4.78, 5) is 11.1. The van der Waals surface area contributed by atoms with E-state index in [1.165, 1.54) is 13.2 Å². The van der Waals surface area contributed by atoms with Gasteiger partial charge in [0, 0.05) is 0 Å². The van der Waals surface area contributed by atoms with Gasteiger partial charge in [0.2, 0.25) is 0 Å².